The molecule has 0 fully saturated rings. The molecule has 0 heterocycles. The Balaban J connectivity index is -0.000000219. The van der Waals surface area contributed by atoms with Crippen molar-refractivity contribution in [3.8, 4) is 0 Å². The third-order valence-corrected chi connectivity index (χ3v) is 6.63. The standard InChI is InChI=1S/C16H36N.C8H20N.2C2H4O2/c1-5-9-13-17(14-10-6-2,15-11-7-3)16-12-8-4;1-5-9(6-2,7-3)8-4;2*1-2(3)4/h5-16H2,1-4H3;5-8H2,1-4H3;2*1H3,(H,3,4)/q2*+1;;/p-2. The van der Waals surface area contributed by atoms with Crippen molar-refractivity contribution in [2.75, 3.05) is 52.4 Å². The van der Waals surface area contributed by atoms with E-state index in [4.69, 9.17) is 19.8 Å². The number of unbranched alkanes of at least 4 members (excludes halogenated alkanes) is 4. The summed E-state index contributed by atoms with van der Waals surface area (Å²) in [5.41, 5.74) is 0. The van der Waals surface area contributed by atoms with Gasteiger partial charge in [0.1, 0.15) is 0 Å². The summed E-state index contributed by atoms with van der Waals surface area (Å²) in [4.78, 5) is 17.8. The average Bonchev–Trinajstić information content (AvgIpc) is 2.80. The fraction of sp³-hybridized carbons (Fsp3) is 0.929. The van der Waals surface area contributed by atoms with Crippen LogP contribution in [0.15, 0.2) is 0 Å². The fourth-order valence-corrected chi connectivity index (χ4v) is 3.99. The van der Waals surface area contributed by atoms with E-state index in [2.05, 4.69) is 55.4 Å². The maximum atomic E-state index is 8.89. The van der Waals surface area contributed by atoms with Gasteiger partial charge in [-0.2, -0.15) is 0 Å². The first kappa shape index (κ1) is 40.0. The van der Waals surface area contributed by atoms with E-state index in [1.165, 1.54) is 113 Å². The van der Waals surface area contributed by atoms with E-state index in [1.54, 1.807) is 0 Å². The molecule has 34 heavy (non-hydrogen) atoms. The number of rotatable bonds is 16. The molecule has 0 spiro atoms. The monoisotopic (exact) mass is 490 g/mol. The maximum absolute atomic E-state index is 8.89. The van der Waals surface area contributed by atoms with E-state index in [0.717, 1.165) is 13.8 Å². The highest BCUT2D eigenvalue weighted by molar-refractivity contribution is 5.60. The van der Waals surface area contributed by atoms with Gasteiger partial charge in [-0.1, -0.05) is 53.4 Å². The Morgan fingerprint density at radius 1 is 0.471 bits per heavy atom. The van der Waals surface area contributed by atoms with Crippen molar-refractivity contribution in [3.05, 3.63) is 0 Å². The number of carbonyl (C=O) groups is 2. The van der Waals surface area contributed by atoms with Crippen LogP contribution < -0.4 is 10.2 Å². The molecule has 0 N–H and O–H groups in total. The number of quaternary nitrogens is 2. The van der Waals surface area contributed by atoms with Gasteiger partial charge in [-0.25, -0.2) is 0 Å². The van der Waals surface area contributed by atoms with Gasteiger partial charge < -0.3 is 28.8 Å². The molecule has 0 unspecified atom stereocenters. The molecule has 208 valence electrons. The summed E-state index contributed by atoms with van der Waals surface area (Å²) in [6.07, 6.45) is 11.1. The van der Waals surface area contributed by atoms with Gasteiger partial charge in [-0.05, 0) is 67.2 Å². The number of aliphatic carboxylic acids is 2. The Morgan fingerprint density at radius 2 is 0.647 bits per heavy atom. The van der Waals surface area contributed by atoms with Crippen molar-refractivity contribution in [1.82, 2.24) is 0 Å². The predicted octanol–water partition coefficient (Wildman–Crippen LogP) is 4.40. The molecule has 0 aliphatic heterocycles. The molecule has 6 nitrogen and oxygen atoms in total. The van der Waals surface area contributed by atoms with E-state index in [0.29, 0.717) is 0 Å². The van der Waals surface area contributed by atoms with Gasteiger partial charge in [0, 0.05) is 11.9 Å². The van der Waals surface area contributed by atoms with Gasteiger partial charge in [-0.15, -0.1) is 0 Å². The van der Waals surface area contributed by atoms with Crippen molar-refractivity contribution < 1.29 is 28.8 Å². The second kappa shape index (κ2) is 28.1. The van der Waals surface area contributed by atoms with Crippen molar-refractivity contribution in [3.63, 3.8) is 0 Å². The van der Waals surface area contributed by atoms with Crippen LogP contribution in [0, 0.1) is 0 Å². The van der Waals surface area contributed by atoms with Gasteiger partial charge in [0.2, 0.25) is 0 Å². The molecule has 0 aliphatic carbocycles. The number of carbonyl (C=O) groups excluding carboxylic acids is 2. The molecule has 0 rings (SSSR count). The van der Waals surface area contributed by atoms with Gasteiger partial charge in [0.15, 0.2) is 0 Å². The third-order valence-electron chi connectivity index (χ3n) is 6.63. The Morgan fingerprint density at radius 3 is 0.735 bits per heavy atom. The highest BCUT2D eigenvalue weighted by atomic mass is 16.4. The highest BCUT2D eigenvalue weighted by Crippen LogP contribution is 2.16. The minimum absolute atomic E-state index is 0.972. The fourth-order valence-electron chi connectivity index (χ4n) is 3.99. The lowest BCUT2D eigenvalue weighted by Crippen LogP contribution is -2.50. The van der Waals surface area contributed by atoms with E-state index in [-0.39, 0.29) is 0 Å². The largest absolute Gasteiger partial charge is 0.550 e. The second-order valence-corrected chi connectivity index (χ2v) is 9.24. The Bertz CT molecular complexity index is 363. The summed E-state index contributed by atoms with van der Waals surface area (Å²) in [7, 11) is 0. The van der Waals surface area contributed by atoms with E-state index < -0.39 is 11.9 Å². The number of nitrogens with zero attached hydrogens (tertiary/aromatic N) is 2. The van der Waals surface area contributed by atoms with E-state index in [1.807, 2.05) is 0 Å². The SMILES string of the molecule is CC(=O)[O-].CC(=O)[O-].CCCC[N+](CCCC)(CCCC)CCCC.CC[N+](CC)(CC)CC. The molecule has 0 amide bonds. The van der Waals surface area contributed by atoms with Crippen LogP contribution in [0.25, 0.3) is 0 Å². The zero-order valence-corrected chi connectivity index (χ0v) is 24.8. The lowest BCUT2D eigenvalue weighted by molar-refractivity contribution is -0.929. The van der Waals surface area contributed by atoms with Crippen LogP contribution in [0.3, 0.4) is 0 Å². The molecule has 0 saturated heterocycles. The summed E-state index contributed by atoms with van der Waals surface area (Å²) in [5, 5.41) is 17.8. The summed E-state index contributed by atoms with van der Waals surface area (Å²) in [6, 6.07) is 0. The molecule has 0 aromatic carbocycles. The van der Waals surface area contributed by atoms with Crippen LogP contribution in [0.4, 0.5) is 0 Å². The summed E-state index contributed by atoms with van der Waals surface area (Å²) >= 11 is 0. The average molecular weight is 491 g/mol. The van der Waals surface area contributed by atoms with Gasteiger partial charge >= 0.3 is 0 Å². The lowest BCUT2D eigenvalue weighted by atomic mass is 10.1. The Labute approximate surface area is 213 Å². The van der Waals surface area contributed by atoms with Crippen LogP contribution in [-0.2, 0) is 9.59 Å². The molecule has 0 bridgehead atoms. The first-order valence-electron chi connectivity index (χ1n) is 14.0. The van der Waals surface area contributed by atoms with Crippen molar-refractivity contribution >= 4 is 11.9 Å². The summed E-state index contributed by atoms with van der Waals surface area (Å²) in [5.74, 6) is -2.17. The third kappa shape index (κ3) is 28.9. The first-order chi connectivity index (χ1) is 15.9. The molecular formula is C28H62N2O4. The normalized spacial score (nSPS) is 10.6. The number of hydrogen-bond acceptors (Lipinski definition) is 4. The van der Waals surface area contributed by atoms with Crippen molar-refractivity contribution in [2.45, 2.75) is 121 Å². The smallest absolute Gasteiger partial charge is 0.0786 e. The molecule has 6 heteroatoms. The van der Waals surface area contributed by atoms with Crippen LogP contribution in [-0.4, -0.2) is 73.3 Å². The predicted molar refractivity (Wildman–Crippen MR) is 143 cm³/mol. The molecule has 0 atom stereocenters. The zero-order chi connectivity index (χ0) is 27.5. The molecule has 0 aliphatic rings. The number of carboxylic acids is 2. The number of carboxylic acid groups (broad SMARTS) is 2. The van der Waals surface area contributed by atoms with Crippen molar-refractivity contribution in [2.24, 2.45) is 0 Å². The van der Waals surface area contributed by atoms with E-state index in [9.17, 15) is 0 Å². The Hall–Kier alpha value is -1.14. The van der Waals surface area contributed by atoms with Gasteiger partial charge in [0.05, 0.1) is 52.4 Å². The first-order valence-corrected chi connectivity index (χ1v) is 14.0. The highest BCUT2D eigenvalue weighted by Gasteiger charge is 2.24. The minimum Gasteiger partial charge on any atom is -0.550 e. The quantitative estimate of drug-likeness (QED) is 0.300. The van der Waals surface area contributed by atoms with Crippen molar-refractivity contribution in [1.29, 1.82) is 0 Å². The topological polar surface area (TPSA) is 80.3 Å². The molecule has 0 aromatic rings. The Kier molecular flexibility index (Phi) is 33.1. The van der Waals surface area contributed by atoms with Crippen LogP contribution in [0.5, 0.6) is 0 Å². The molecule has 0 aromatic heterocycles. The zero-order valence-electron chi connectivity index (χ0n) is 24.8. The summed E-state index contributed by atoms with van der Waals surface area (Å²) in [6.45, 7) is 31.2. The second-order valence-electron chi connectivity index (χ2n) is 9.24. The molecular weight excluding hydrogens is 428 g/mol. The molecule has 0 radical (unpaired) electrons. The minimum atomic E-state index is -1.08. The van der Waals surface area contributed by atoms with Crippen LogP contribution in [0.2, 0.25) is 0 Å². The van der Waals surface area contributed by atoms with E-state index >= 15 is 0 Å². The molecule has 0 saturated carbocycles. The van der Waals surface area contributed by atoms with Crippen LogP contribution >= 0.6 is 0 Å². The lowest BCUT2D eigenvalue weighted by Gasteiger charge is -2.39. The summed E-state index contributed by atoms with van der Waals surface area (Å²) < 4.78 is 2.70. The van der Waals surface area contributed by atoms with Gasteiger partial charge in [0.25, 0.3) is 0 Å². The maximum Gasteiger partial charge on any atom is 0.0786 e. The van der Waals surface area contributed by atoms with Gasteiger partial charge in [-0.3, -0.25) is 0 Å². The van der Waals surface area contributed by atoms with Crippen LogP contribution in [0.1, 0.15) is 121 Å². The number of hydrogen-bond donors (Lipinski definition) is 0.